The molecule has 4 rings (SSSR count). The van der Waals surface area contributed by atoms with Crippen LogP contribution in [-0.2, 0) is 9.59 Å². The average Bonchev–Trinajstić information content (AvgIpc) is 3.46. The van der Waals surface area contributed by atoms with E-state index in [0.717, 1.165) is 0 Å². The normalized spacial score (nSPS) is 15.5. The summed E-state index contributed by atoms with van der Waals surface area (Å²) in [4.78, 5) is 41.8. The first-order valence-corrected chi connectivity index (χ1v) is 11.1. The fraction of sp³-hybridized carbons (Fsp3) is 0.524. The first-order valence-electron chi connectivity index (χ1n) is 11.1. The first kappa shape index (κ1) is 23.4. The van der Waals surface area contributed by atoms with Crippen LogP contribution in [0.15, 0.2) is 22.8 Å². The fourth-order valence-corrected chi connectivity index (χ4v) is 3.75. The molecule has 0 aliphatic carbocycles. The third kappa shape index (κ3) is 5.09. The SMILES string of the molecule is CC[C@H](Nc1nc(N)n2nc(-c3ccco3)nc2n1)C(=O)N1CCN(C(=O)CC(C)(C)O)CC1. The van der Waals surface area contributed by atoms with Crippen LogP contribution in [-0.4, -0.2) is 89.1 Å². The van der Waals surface area contributed by atoms with E-state index in [9.17, 15) is 14.7 Å². The Bertz CT molecular complexity index is 1160. The molecule has 13 heteroatoms. The minimum absolute atomic E-state index is 0.0472. The molecule has 3 aromatic heterocycles. The quantitative estimate of drug-likeness (QED) is 0.438. The molecule has 13 nitrogen and oxygen atoms in total. The van der Waals surface area contributed by atoms with Crippen LogP contribution < -0.4 is 11.1 Å². The molecule has 0 unspecified atom stereocenters. The van der Waals surface area contributed by atoms with Crippen molar-refractivity contribution in [3.8, 4) is 11.6 Å². The number of amides is 2. The predicted molar refractivity (Wildman–Crippen MR) is 122 cm³/mol. The molecule has 0 bridgehead atoms. The largest absolute Gasteiger partial charge is 0.461 e. The summed E-state index contributed by atoms with van der Waals surface area (Å²) < 4.78 is 6.62. The van der Waals surface area contributed by atoms with Crippen molar-refractivity contribution in [3.63, 3.8) is 0 Å². The lowest BCUT2D eigenvalue weighted by atomic mass is 10.0. The molecule has 0 saturated carbocycles. The van der Waals surface area contributed by atoms with Gasteiger partial charge >= 0.3 is 0 Å². The van der Waals surface area contributed by atoms with E-state index in [4.69, 9.17) is 10.2 Å². The van der Waals surface area contributed by atoms with E-state index in [1.807, 2.05) is 6.92 Å². The van der Waals surface area contributed by atoms with Crippen molar-refractivity contribution in [1.29, 1.82) is 0 Å². The van der Waals surface area contributed by atoms with Crippen LogP contribution in [0.4, 0.5) is 11.9 Å². The van der Waals surface area contributed by atoms with Crippen LogP contribution in [0.3, 0.4) is 0 Å². The first-order chi connectivity index (χ1) is 16.1. The van der Waals surface area contributed by atoms with E-state index in [1.54, 1.807) is 35.8 Å². The van der Waals surface area contributed by atoms with E-state index in [1.165, 1.54) is 10.8 Å². The van der Waals surface area contributed by atoms with Gasteiger partial charge < -0.3 is 30.4 Å². The molecule has 4 heterocycles. The van der Waals surface area contributed by atoms with Crippen molar-refractivity contribution < 1.29 is 19.1 Å². The van der Waals surface area contributed by atoms with Crippen LogP contribution >= 0.6 is 0 Å². The van der Waals surface area contributed by atoms with Gasteiger partial charge in [-0.15, -0.1) is 5.10 Å². The fourth-order valence-electron chi connectivity index (χ4n) is 3.75. The Morgan fingerprint density at radius 1 is 1.21 bits per heavy atom. The molecular formula is C21H29N9O4. The van der Waals surface area contributed by atoms with E-state index in [0.29, 0.717) is 44.2 Å². The van der Waals surface area contributed by atoms with Gasteiger partial charge in [-0.2, -0.15) is 19.5 Å². The Hall–Kier alpha value is -3.74. The zero-order chi connectivity index (χ0) is 24.5. The van der Waals surface area contributed by atoms with Crippen LogP contribution in [0, 0.1) is 0 Å². The maximum absolute atomic E-state index is 13.1. The number of fused-ring (bicyclic) bond motifs is 1. The third-order valence-corrected chi connectivity index (χ3v) is 5.51. The smallest absolute Gasteiger partial charge is 0.259 e. The molecule has 0 aromatic carbocycles. The molecule has 3 aromatic rings. The molecule has 1 saturated heterocycles. The van der Waals surface area contributed by atoms with E-state index in [2.05, 4.69) is 25.4 Å². The summed E-state index contributed by atoms with van der Waals surface area (Å²) in [5, 5.41) is 17.2. The van der Waals surface area contributed by atoms with Crippen molar-refractivity contribution in [2.24, 2.45) is 0 Å². The lowest BCUT2D eigenvalue weighted by molar-refractivity contribution is -0.142. The molecule has 1 atom stereocenters. The Kier molecular flexibility index (Phi) is 6.37. The minimum atomic E-state index is -1.06. The highest BCUT2D eigenvalue weighted by Crippen LogP contribution is 2.19. The lowest BCUT2D eigenvalue weighted by Crippen LogP contribution is -2.54. The second-order valence-corrected chi connectivity index (χ2v) is 8.83. The second-order valence-electron chi connectivity index (χ2n) is 8.83. The number of hydrogen-bond donors (Lipinski definition) is 3. The Balaban J connectivity index is 1.42. The molecular weight excluding hydrogens is 442 g/mol. The molecule has 0 radical (unpaired) electrons. The van der Waals surface area contributed by atoms with Gasteiger partial charge in [0.25, 0.3) is 5.78 Å². The van der Waals surface area contributed by atoms with Crippen molar-refractivity contribution >= 4 is 29.5 Å². The molecule has 1 aliphatic rings. The third-order valence-electron chi connectivity index (χ3n) is 5.51. The molecule has 0 spiro atoms. The number of carbonyl (C=O) groups excluding carboxylic acids is 2. The van der Waals surface area contributed by atoms with Crippen molar-refractivity contribution in [2.45, 2.75) is 45.3 Å². The van der Waals surface area contributed by atoms with E-state index >= 15 is 0 Å². The number of nitrogens with two attached hydrogens (primary N) is 1. The lowest BCUT2D eigenvalue weighted by Gasteiger charge is -2.37. The van der Waals surface area contributed by atoms with Crippen molar-refractivity contribution in [3.05, 3.63) is 18.4 Å². The summed E-state index contributed by atoms with van der Waals surface area (Å²) in [5.41, 5.74) is 4.97. The van der Waals surface area contributed by atoms with E-state index in [-0.39, 0.29) is 35.9 Å². The maximum atomic E-state index is 13.1. The van der Waals surface area contributed by atoms with Gasteiger partial charge in [0.05, 0.1) is 18.3 Å². The molecule has 2 amide bonds. The molecule has 1 aliphatic heterocycles. The summed E-state index contributed by atoms with van der Waals surface area (Å²) in [6.45, 7) is 6.74. The molecule has 4 N–H and O–H groups in total. The summed E-state index contributed by atoms with van der Waals surface area (Å²) in [6, 6.07) is 2.87. The average molecular weight is 472 g/mol. The number of anilines is 2. The number of nitrogens with one attached hydrogen (secondary N) is 1. The number of piperazine rings is 1. The highest BCUT2D eigenvalue weighted by Gasteiger charge is 2.30. The highest BCUT2D eigenvalue weighted by molar-refractivity contribution is 5.85. The topological polar surface area (TPSA) is 168 Å². The maximum Gasteiger partial charge on any atom is 0.259 e. The summed E-state index contributed by atoms with van der Waals surface area (Å²) in [7, 11) is 0. The number of carbonyl (C=O) groups is 2. The van der Waals surface area contributed by atoms with Gasteiger partial charge in [-0.1, -0.05) is 6.92 Å². The molecule has 34 heavy (non-hydrogen) atoms. The highest BCUT2D eigenvalue weighted by atomic mass is 16.3. The van der Waals surface area contributed by atoms with Gasteiger partial charge in [-0.25, -0.2) is 0 Å². The van der Waals surface area contributed by atoms with Gasteiger partial charge in [-0.3, -0.25) is 9.59 Å². The number of rotatable bonds is 7. The van der Waals surface area contributed by atoms with Gasteiger partial charge in [0.1, 0.15) is 6.04 Å². The second kappa shape index (κ2) is 9.25. The zero-order valence-electron chi connectivity index (χ0n) is 19.4. The van der Waals surface area contributed by atoms with Gasteiger partial charge in [0, 0.05) is 26.2 Å². The summed E-state index contributed by atoms with van der Waals surface area (Å²) in [5.74, 6) is 1.02. The van der Waals surface area contributed by atoms with Crippen LogP contribution in [0.2, 0.25) is 0 Å². The number of aliphatic hydroxyl groups is 1. The zero-order valence-corrected chi connectivity index (χ0v) is 19.4. The molecule has 1 fully saturated rings. The van der Waals surface area contributed by atoms with Gasteiger partial charge in [0.2, 0.25) is 29.5 Å². The summed E-state index contributed by atoms with van der Waals surface area (Å²) in [6.07, 6.45) is 2.06. The predicted octanol–water partition coefficient (Wildman–Crippen LogP) is 0.384. The number of nitrogen functional groups attached to an aromatic ring is 1. The Morgan fingerprint density at radius 2 is 1.91 bits per heavy atom. The van der Waals surface area contributed by atoms with Gasteiger partial charge in [0.15, 0.2) is 5.76 Å². The monoisotopic (exact) mass is 471 g/mol. The number of aromatic nitrogens is 5. The van der Waals surface area contributed by atoms with Crippen LogP contribution in [0.5, 0.6) is 0 Å². The number of furan rings is 1. The van der Waals surface area contributed by atoms with Crippen LogP contribution in [0.1, 0.15) is 33.6 Å². The molecule has 182 valence electrons. The Morgan fingerprint density at radius 3 is 2.53 bits per heavy atom. The van der Waals surface area contributed by atoms with E-state index < -0.39 is 11.6 Å². The standard InChI is InChI=1S/C21H29N9O4/c1-4-13(17(32)29-9-7-28(8-10-29)15(31)12-21(2,3)33)23-19-25-18(22)30-20(26-19)24-16(27-30)14-6-5-11-34-14/h5-6,11,13,33H,4,7-10,12H2,1-3H3,(H3,22,23,24,25,26,27)/t13-/m0/s1. The summed E-state index contributed by atoms with van der Waals surface area (Å²) >= 11 is 0. The minimum Gasteiger partial charge on any atom is -0.461 e. The number of hydrogen-bond acceptors (Lipinski definition) is 10. The van der Waals surface area contributed by atoms with Crippen molar-refractivity contribution in [1.82, 2.24) is 34.4 Å². The number of nitrogens with zero attached hydrogens (tertiary/aromatic N) is 7. The van der Waals surface area contributed by atoms with Gasteiger partial charge in [-0.05, 0) is 32.4 Å². The van der Waals surface area contributed by atoms with Crippen LogP contribution in [0.25, 0.3) is 17.4 Å². The Labute approximate surface area is 196 Å². The van der Waals surface area contributed by atoms with Crippen molar-refractivity contribution in [2.75, 3.05) is 37.2 Å².